The van der Waals surface area contributed by atoms with Crippen LogP contribution < -0.4 is 5.32 Å². The van der Waals surface area contributed by atoms with Gasteiger partial charge in [-0.25, -0.2) is 13.8 Å². The van der Waals surface area contributed by atoms with Crippen molar-refractivity contribution in [3.05, 3.63) is 40.4 Å². The van der Waals surface area contributed by atoms with Gasteiger partial charge in [-0.1, -0.05) is 20.3 Å². The zero-order valence-corrected chi connectivity index (χ0v) is 13.2. The van der Waals surface area contributed by atoms with Crippen molar-refractivity contribution in [3.63, 3.8) is 0 Å². The van der Waals surface area contributed by atoms with Crippen molar-refractivity contribution < 1.29 is 8.78 Å². The third-order valence-electron chi connectivity index (χ3n) is 3.09. The molecule has 0 aliphatic carbocycles. The molecule has 2 rings (SSSR count). The Labute approximate surface area is 128 Å². The molecule has 21 heavy (non-hydrogen) atoms. The van der Waals surface area contributed by atoms with Gasteiger partial charge in [0.1, 0.15) is 16.6 Å². The minimum atomic E-state index is -0.567. The summed E-state index contributed by atoms with van der Waals surface area (Å²) in [6.07, 6.45) is 2.96. The Kier molecular flexibility index (Phi) is 5.82. The Morgan fingerprint density at radius 3 is 2.43 bits per heavy atom. The highest BCUT2D eigenvalue weighted by atomic mass is 32.1. The average molecular weight is 310 g/mol. The standard InChI is InChI=1S/C16H20F2N2S/c1-3-5-14-15(10-19-6-4-2)21-16(20-14)11-7-12(17)9-13(18)8-11/h7-9,19H,3-6,10H2,1-2H3. The lowest BCUT2D eigenvalue weighted by Crippen LogP contribution is -2.13. The van der Waals surface area contributed by atoms with E-state index in [9.17, 15) is 8.78 Å². The van der Waals surface area contributed by atoms with Crippen LogP contribution in [0.3, 0.4) is 0 Å². The molecule has 0 saturated heterocycles. The third-order valence-corrected chi connectivity index (χ3v) is 4.23. The zero-order chi connectivity index (χ0) is 15.2. The topological polar surface area (TPSA) is 24.9 Å². The highest BCUT2D eigenvalue weighted by Crippen LogP contribution is 2.30. The van der Waals surface area contributed by atoms with Crippen LogP contribution in [0.1, 0.15) is 37.3 Å². The van der Waals surface area contributed by atoms with Crippen LogP contribution in [0.4, 0.5) is 8.78 Å². The first kappa shape index (κ1) is 16.0. The number of nitrogens with zero attached hydrogens (tertiary/aromatic N) is 1. The second-order valence-electron chi connectivity index (χ2n) is 4.97. The van der Waals surface area contributed by atoms with Crippen LogP contribution in [0.15, 0.2) is 18.2 Å². The molecule has 1 N–H and O–H groups in total. The van der Waals surface area contributed by atoms with Gasteiger partial charge < -0.3 is 5.32 Å². The van der Waals surface area contributed by atoms with Gasteiger partial charge in [0, 0.05) is 23.1 Å². The summed E-state index contributed by atoms with van der Waals surface area (Å²) < 4.78 is 26.7. The summed E-state index contributed by atoms with van der Waals surface area (Å²) in [7, 11) is 0. The zero-order valence-electron chi connectivity index (χ0n) is 12.4. The molecule has 0 radical (unpaired) electrons. The minimum absolute atomic E-state index is 0.511. The van der Waals surface area contributed by atoms with Gasteiger partial charge in [0.05, 0.1) is 5.69 Å². The van der Waals surface area contributed by atoms with E-state index in [1.165, 1.54) is 23.5 Å². The third kappa shape index (κ3) is 4.32. The molecule has 0 aliphatic rings. The maximum Gasteiger partial charge on any atom is 0.126 e. The van der Waals surface area contributed by atoms with E-state index in [1.54, 1.807) is 0 Å². The Balaban J connectivity index is 2.29. The quantitative estimate of drug-likeness (QED) is 0.759. The Hall–Kier alpha value is -1.33. The Morgan fingerprint density at radius 1 is 1.10 bits per heavy atom. The number of aryl methyl sites for hydroxylation is 1. The number of nitrogens with one attached hydrogen (secondary N) is 1. The molecule has 0 spiro atoms. The molecule has 1 aromatic heterocycles. The van der Waals surface area contributed by atoms with Crippen LogP contribution in [0.5, 0.6) is 0 Å². The number of hydrogen-bond donors (Lipinski definition) is 1. The fourth-order valence-corrected chi connectivity index (χ4v) is 3.20. The molecule has 2 aromatic rings. The van der Waals surface area contributed by atoms with Crippen LogP contribution in [0.25, 0.3) is 10.6 Å². The average Bonchev–Trinajstić information content (AvgIpc) is 2.82. The molecular formula is C16H20F2N2S. The van der Waals surface area contributed by atoms with E-state index in [0.717, 1.165) is 49.0 Å². The first-order valence-corrected chi connectivity index (χ1v) is 8.11. The molecule has 1 aromatic carbocycles. The van der Waals surface area contributed by atoms with Crippen LogP contribution in [-0.4, -0.2) is 11.5 Å². The molecule has 0 aliphatic heterocycles. The lowest BCUT2D eigenvalue weighted by Gasteiger charge is -2.02. The summed E-state index contributed by atoms with van der Waals surface area (Å²) >= 11 is 1.51. The second kappa shape index (κ2) is 7.61. The number of rotatable bonds is 7. The van der Waals surface area contributed by atoms with E-state index in [1.807, 2.05) is 0 Å². The molecule has 0 atom stereocenters. The fourth-order valence-electron chi connectivity index (χ4n) is 2.13. The van der Waals surface area contributed by atoms with Gasteiger partial charge in [0.25, 0.3) is 0 Å². The predicted molar refractivity (Wildman–Crippen MR) is 83.5 cm³/mol. The van der Waals surface area contributed by atoms with Gasteiger partial charge in [-0.2, -0.15) is 0 Å². The van der Waals surface area contributed by atoms with Gasteiger partial charge in [-0.3, -0.25) is 0 Å². The maximum atomic E-state index is 13.3. The largest absolute Gasteiger partial charge is 0.312 e. The summed E-state index contributed by atoms with van der Waals surface area (Å²) in [6, 6.07) is 3.55. The highest BCUT2D eigenvalue weighted by molar-refractivity contribution is 7.15. The van der Waals surface area contributed by atoms with Crippen molar-refractivity contribution in [2.45, 2.75) is 39.7 Å². The minimum Gasteiger partial charge on any atom is -0.312 e. The molecule has 114 valence electrons. The molecule has 0 saturated carbocycles. The van der Waals surface area contributed by atoms with Crippen LogP contribution in [0, 0.1) is 11.6 Å². The van der Waals surface area contributed by atoms with Crippen molar-refractivity contribution in [1.82, 2.24) is 10.3 Å². The van der Waals surface area contributed by atoms with E-state index in [-0.39, 0.29) is 0 Å². The monoisotopic (exact) mass is 310 g/mol. The normalized spacial score (nSPS) is 11.0. The highest BCUT2D eigenvalue weighted by Gasteiger charge is 2.13. The molecular weight excluding hydrogens is 290 g/mol. The summed E-state index contributed by atoms with van der Waals surface area (Å²) in [6.45, 7) is 5.93. The lowest BCUT2D eigenvalue weighted by molar-refractivity contribution is 0.584. The molecule has 5 heteroatoms. The number of hydrogen-bond acceptors (Lipinski definition) is 3. The van der Waals surface area contributed by atoms with Crippen molar-refractivity contribution in [2.75, 3.05) is 6.54 Å². The van der Waals surface area contributed by atoms with Crippen molar-refractivity contribution in [3.8, 4) is 10.6 Å². The number of halogens is 2. The number of thiazole rings is 1. The molecule has 2 nitrogen and oxygen atoms in total. The summed E-state index contributed by atoms with van der Waals surface area (Å²) in [4.78, 5) is 5.73. The van der Waals surface area contributed by atoms with Crippen molar-refractivity contribution in [2.24, 2.45) is 0 Å². The Bertz CT molecular complexity index is 576. The van der Waals surface area contributed by atoms with Gasteiger partial charge in [0.15, 0.2) is 0 Å². The summed E-state index contributed by atoms with van der Waals surface area (Å²) in [5, 5.41) is 4.05. The summed E-state index contributed by atoms with van der Waals surface area (Å²) in [5.74, 6) is -1.13. The van der Waals surface area contributed by atoms with E-state index in [2.05, 4.69) is 24.1 Å². The van der Waals surface area contributed by atoms with Crippen molar-refractivity contribution >= 4 is 11.3 Å². The van der Waals surface area contributed by atoms with Gasteiger partial charge in [-0.05, 0) is 31.5 Å². The fraction of sp³-hybridized carbons (Fsp3) is 0.438. The van der Waals surface area contributed by atoms with Gasteiger partial charge in [0.2, 0.25) is 0 Å². The first-order valence-electron chi connectivity index (χ1n) is 7.29. The smallest absolute Gasteiger partial charge is 0.126 e. The molecule has 1 heterocycles. The van der Waals surface area contributed by atoms with Gasteiger partial charge in [-0.15, -0.1) is 11.3 Å². The van der Waals surface area contributed by atoms with Crippen LogP contribution >= 0.6 is 11.3 Å². The Morgan fingerprint density at radius 2 is 1.81 bits per heavy atom. The molecule has 0 fully saturated rings. The SMILES string of the molecule is CCCNCc1sc(-c2cc(F)cc(F)c2)nc1CCC. The summed E-state index contributed by atoms with van der Waals surface area (Å²) in [5.41, 5.74) is 1.54. The van der Waals surface area contributed by atoms with E-state index in [4.69, 9.17) is 0 Å². The van der Waals surface area contributed by atoms with Crippen LogP contribution in [-0.2, 0) is 13.0 Å². The van der Waals surface area contributed by atoms with E-state index >= 15 is 0 Å². The van der Waals surface area contributed by atoms with Crippen molar-refractivity contribution in [1.29, 1.82) is 0 Å². The lowest BCUT2D eigenvalue weighted by atomic mass is 10.2. The second-order valence-corrected chi connectivity index (χ2v) is 6.06. The first-order chi connectivity index (χ1) is 10.1. The number of benzene rings is 1. The molecule has 0 amide bonds. The maximum absolute atomic E-state index is 13.3. The van der Waals surface area contributed by atoms with Gasteiger partial charge >= 0.3 is 0 Å². The van der Waals surface area contributed by atoms with Crippen LogP contribution in [0.2, 0.25) is 0 Å². The molecule has 0 unspecified atom stereocenters. The predicted octanol–water partition coefficient (Wildman–Crippen LogP) is 4.54. The van der Waals surface area contributed by atoms with E-state index in [0.29, 0.717) is 10.6 Å². The van der Waals surface area contributed by atoms with E-state index < -0.39 is 11.6 Å². The molecule has 0 bridgehead atoms. The number of aromatic nitrogens is 1.